The molecule has 0 heterocycles. The number of hydrogen-bond donors (Lipinski definition) is 1. The topological polar surface area (TPSA) is 60.2 Å². The molecular weight excluding hydrogens is 190 g/mol. The summed E-state index contributed by atoms with van der Waals surface area (Å²) in [6.07, 6.45) is 7.99. The fraction of sp³-hybridized carbons (Fsp3) is 0.833. The molecule has 0 radical (unpaired) electrons. The average Bonchev–Trinajstić information content (AvgIpc) is 2.17. The normalized spacial score (nSPS) is 10.2. The van der Waals surface area contributed by atoms with Gasteiger partial charge < -0.3 is 5.73 Å². The second-order valence-electron chi connectivity index (χ2n) is 4.02. The molecule has 0 aromatic rings. The van der Waals surface area contributed by atoms with Crippen LogP contribution in [-0.2, 0) is 9.59 Å². The molecule has 0 saturated heterocycles. The lowest BCUT2D eigenvalue weighted by Crippen LogP contribution is -2.10. The van der Waals surface area contributed by atoms with Gasteiger partial charge in [0.15, 0.2) is 0 Å². The van der Waals surface area contributed by atoms with E-state index >= 15 is 0 Å². The Balaban J connectivity index is 3.22. The van der Waals surface area contributed by atoms with E-state index < -0.39 is 0 Å². The maximum atomic E-state index is 11.3. The predicted molar refractivity (Wildman–Crippen MR) is 61.4 cm³/mol. The summed E-state index contributed by atoms with van der Waals surface area (Å²) in [5.41, 5.74) is 4.98. The van der Waals surface area contributed by atoms with Crippen LogP contribution in [-0.4, -0.2) is 11.7 Å². The van der Waals surface area contributed by atoms with Crippen molar-refractivity contribution in [1.82, 2.24) is 0 Å². The molecule has 0 aliphatic carbocycles. The van der Waals surface area contributed by atoms with E-state index in [4.69, 9.17) is 5.73 Å². The van der Waals surface area contributed by atoms with Gasteiger partial charge in [-0.25, -0.2) is 0 Å². The SMILES string of the molecule is CCCCCCCC(=O)CCCC(N)=O. The summed E-state index contributed by atoms with van der Waals surface area (Å²) < 4.78 is 0. The molecule has 0 saturated carbocycles. The van der Waals surface area contributed by atoms with Crippen LogP contribution in [0, 0.1) is 0 Å². The van der Waals surface area contributed by atoms with Gasteiger partial charge in [-0.1, -0.05) is 32.6 Å². The van der Waals surface area contributed by atoms with Crippen molar-refractivity contribution in [2.45, 2.75) is 64.7 Å². The lowest BCUT2D eigenvalue weighted by Gasteiger charge is -2.00. The number of unbranched alkanes of at least 4 members (excludes halogenated alkanes) is 4. The number of carbonyl (C=O) groups excluding carboxylic acids is 2. The van der Waals surface area contributed by atoms with Gasteiger partial charge in [-0.2, -0.15) is 0 Å². The summed E-state index contributed by atoms with van der Waals surface area (Å²) >= 11 is 0. The monoisotopic (exact) mass is 213 g/mol. The van der Waals surface area contributed by atoms with Gasteiger partial charge in [-0.05, 0) is 12.8 Å². The van der Waals surface area contributed by atoms with Crippen LogP contribution in [0.3, 0.4) is 0 Å². The van der Waals surface area contributed by atoms with Crippen LogP contribution in [0.2, 0.25) is 0 Å². The Morgan fingerprint density at radius 1 is 0.867 bits per heavy atom. The molecule has 0 spiro atoms. The van der Waals surface area contributed by atoms with Gasteiger partial charge in [0, 0.05) is 19.3 Å². The third kappa shape index (κ3) is 11.1. The van der Waals surface area contributed by atoms with Crippen LogP contribution in [0.4, 0.5) is 0 Å². The first-order chi connectivity index (χ1) is 7.16. The summed E-state index contributed by atoms with van der Waals surface area (Å²) in [6, 6.07) is 0. The third-order valence-corrected chi connectivity index (χ3v) is 2.44. The first-order valence-electron chi connectivity index (χ1n) is 5.96. The summed E-state index contributed by atoms with van der Waals surface area (Å²) in [5.74, 6) is -0.0431. The largest absolute Gasteiger partial charge is 0.370 e. The van der Waals surface area contributed by atoms with Crippen molar-refractivity contribution < 1.29 is 9.59 Å². The number of primary amides is 1. The number of hydrogen-bond acceptors (Lipinski definition) is 2. The highest BCUT2D eigenvalue weighted by Crippen LogP contribution is 2.07. The lowest BCUT2D eigenvalue weighted by atomic mass is 10.1. The average molecular weight is 213 g/mol. The maximum Gasteiger partial charge on any atom is 0.217 e. The van der Waals surface area contributed by atoms with E-state index in [1.54, 1.807) is 0 Å². The molecule has 15 heavy (non-hydrogen) atoms. The third-order valence-electron chi connectivity index (χ3n) is 2.44. The zero-order valence-electron chi connectivity index (χ0n) is 9.76. The van der Waals surface area contributed by atoms with Crippen molar-refractivity contribution in [1.29, 1.82) is 0 Å². The molecule has 88 valence electrons. The van der Waals surface area contributed by atoms with Crippen LogP contribution in [0.25, 0.3) is 0 Å². The number of carbonyl (C=O) groups is 2. The molecule has 0 aromatic heterocycles. The first kappa shape index (κ1) is 14.1. The Kier molecular flexibility index (Phi) is 9.13. The summed E-state index contributed by atoms with van der Waals surface area (Å²) in [5, 5.41) is 0. The van der Waals surface area contributed by atoms with Crippen LogP contribution in [0.5, 0.6) is 0 Å². The van der Waals surface area contributed by atoms with E-state index in [9.17, 15) is 9.59 Å². The molecule has 0 rings (SSSR count). The van der Waals surface area contributed by atoms with Crippen LogP contribution >= 0.6 is 0 Å². The fourth-order valence-electron chi connectivity index (χ4n) is 1.51. The minimum absolute atomic E-state index is 0.271. The van der Waals surface area contributed by atoms with Crippen LogP contribution < -0.4 is 5.73 Å². The van der Waals surface area contributed by atoms with Gasteiger partial charge in [0.1, 0.15) is 5.78 Å². The Bertz CT molecular complexity index is 190. The maximum absolute atomic E-state index is 11.3. The van der Waals surface area contributed by atoms with Crippen molar-refractivity contribution in [2.24, 2.45) is 5.73 Å². The number of Topliss-reactive ketones (excluding diaryl/α,β-unsaturated/α-hetero) is 1. The number of ketones is 1. The zero-order valence-corrected chi connectivity index (χ0v) is 9.76. The Morgan fingerprint density at radius 3 is 2.07 bits per heavy atom. The molecule has 0 unspecified atom stereocenters. The molecule has 2 N–H and O–H groups in total. The molecule has 3 heteroatoms. The molecular formula is C12H23NO2. The van der Waals surface area contributed by atoms with Crippen molar-refractivity contribution in [3.63, 3.8) is 0 Å². The Morgan fingerprint density at radius 2 is 1.47 bits per heavy atom. The first-order valence-corrected chi connectivity index (χ1v) is 5.96. The molecule has 3 nitrogen and oxygen atoms in total. The summed E-state index contributed by atoms with van der Waals surface area (Å²) in [6.45, 7) is 2.18. The van der Waals surface area contributed by atoms with Gasteiger partial charge in [0.05, 0.1) is 0 Å². The molecule has 0 fully saturated rings. The highest BCUT2D eigenvalue weighted by molar-refractivity contribution is 5.79. The molecule has 0 aromatic carbocycles. The molecule has 0 aliphatic rings. The smallest absolute Gasteiger partial charge is 0.217 e. The van der Waals surface area contributed by atoms with Crippen molar-refractivity contribution in [2.75, 3.05) is 0 Å². The number of nitrogens with two attached hydrogens (primary N) is 1. The molecule has 0 bridgehead atoms. The van der Waals surface area contributed by atoms with Gasteiger partial charge >= 0.3 is 0 Å². The Hall–Kier alpha value is -0.860. The van der Waals surface area contributed by atoms with E-state index in [1.165, 1.54) is 19.3 Å². The molecule has 1 amide bonds. The Labute approximate surface area is 92.4 Å². The standard InChI is InChI=1S/C12H23NO2/c1-2-3-4-5-6-8-11(14)9-7-10-12(13)15/h2-10H2,1H3,(H2,13,15). The van der Waals surface area contributed by atoms with Crippen molar-refractivity contribution in [3.05, 3.63) is 0 Å². The van der Waals surface area contributed by atoms with Gasteiger partial charge in [0.25, 0.3) is 0 Å². The van der Waals surface area contributed by atoms with E-state index in [2.05, 4.69) is 6.92 Å². The highest BCUT2D eigenvalue weighted by Gasteiger charge is 2.02. The number of amides is 1. The summed E-state index contributed by atoms with van der Waals surface area (Å²) in [7, 11) is 0. The van der Waals surface area contributed by atoms with Crippen LogP contribution in [0.1, 0.15) is 64.7 Å². The summed E-state index contributed by atoms with van der Waals surface area (Å²) in [4.78, 5) is 21.7. The minimum atomic E-state index is -0.314. The zero-order chi connectivity index (χ0) is 11.5. The predicted octanol–water partition coefficient (Wildman–Crippen LogP) is 2.57. The lowest BCUT2D eigenvalue weighted by molar-refractivity contribution is -0.120. The van der Waals surface area contributed by atoms with Gasteiger partial charge in [-0.3, -0.25) is 9.59 Å². The minimum Gasteiger partial charge on any atom is -0.370 e. The second kappa shape index (κ2) is 9.69. The van der Waals surface area contributed by atoms with Gasteiger partial charge in [0.2, 0.25) is 5.91 Å². The van der Waals surface area contributed by atoms with Gasteiger partial charge in [-0.15, -0.1) is 0 Å². The second-order valence-corrected chi connectivity index (χ2v) is 4.02. The molecule has 0 atom stereocenters. The fourth-order valence-corrected chi connectivity index (χ4v) is 1.51. The van der Waals surface area contributed by atoms with Crippen molar-refractivity contribution in [3.8, 4) is 0 Å². The quantitative estimate of drug-likeness (QED) is 0.567. The highest BCUT2D eigenvalue weighted by atomic mass is 16.1. The molecule has 0 aliphatic heterocycles. The van der Waals surface area contributed by atoms with E-state index in [0.717, 1.165) is 12.8 Å². The van der Waals surface area contributed by atoms with E-state index in [1.807, 2.05) is 0 Å². The van der Waals surface area contributed by atoms with E-state index in [0.29, 0.717) is 25.7 Å². The number of rotatable bonds is 10. The van der Waals surface area contributed by atoms with Crippen LogP contribution in [0.15, 0.2) is 0 Å². The van der Waals surface area contributed by atoms with E-state index in [-0.39, 0.29) is 11.7 Å². The van der Waals surface area contributed by atoms with Crippen molar-refractivity contribution >= 4 is 11.7 Å².